The van der Waals surface area contributed by atoms with E-state index in [1.54, 1.807) is 91.6 Å². The van der Waals surface area contributed by atoms with Gasteiger partial charge in [-0.25, -0.2) is 24.6 Å². The van der Waals surface area contributed by atoms with Crippen LogP contribution in [0, 0.1) is 12.3 Å². The van der Waals surface area contributed by atoms with E-state index in [2.05, 4.69) is 16.6 Å². The monoisotopic (exact) mass is 1180 g/mol. The third-order valence-electron chi connectivity index (χ3n) is 15.7. The van der Waals surface area contributed by atoms with Crippen molar-refractivity contribution in [1.82, 2.24) is 50.3 Å². The van der Waals surface area contributed by atoms with Gasteiger partial charge in [0.1, 0.15) is 54.7 Å². The fourth-order valence-corrected chi connectivity index (χ4v) is 11.7. The number of nitrogens with zero attached hydrogens (tertiary/aromatic N) is 8. The van der Waals surface area contributed by atoms with Gasteiger partial charge in [-0.05, 0) is 81.9 Å². The maximum atomic E-state index is 14.1. The summed E-state index contributed by atoms with van der Waals surface area (Å²) in [5, 5.41) is 32.6. The normalized spacial score (nSPS) is 19.2. The quantitative estimate of drug-likeness (QED) is 0.0861. The molecule has 8 amide bonds. The zero-order valence-electron chi connectivity index (χ0n) is 46.7. The molecule has 6 aromatic carbocycles. The number of urea groups is 2. The van der Waals surface area contributed by atoms with Crippen molar-refractivity contribution in [2.45, 2.75) is 78.3 Å². The Labute approximate surface area is 505 Å². The molecule has 87 heavy (non-hydrogen) atoms. The average molecular weight is 1180 g/mol. The number of hydrogen-bond donors (Lipinski definition) is 4. The van der Waals surface area contributed by atoms with Crippen LogP contribution in [0.5, 0.6) is 23.0 Å². The highest BCUT2D eigenvalue weighted by atomic mass is 16.6. The minimum absolute atomic E-state index is 0. The number of hydrazine groups is 2. The van der Waals surface area contributed by atoms with Crippen LogP contribution in [-0.4, -0.2) is 163 Å². The number of likely N-dealkylation sites (N-methyl/N-ethyl adjacent to an activating group) is 1. The van der Waals surface area contributed by atoms with E-state index < -0.39 is 30.4 Å². The Morgan fingerprint density at radius 3 is 1.68 bits per heavy atom. The van der Waals surface area contributed by atoms with Crippen molar-refractivity contribution in [2.24, 2.45) is 0 Å². The number of furan rings is 1. The van der Waals surface area contributed by atoms with Gasteiger partial charge < -0.3 is 54.3 Å². The van der Waals surface area contributed by atoms with Gasteiger partial charge in [0, 0.05) is 51.5 Å². The van der Waals surface area contributed by atoms with Crippen molar-refractivity contribution in [3.05, 3.63) is 191 Å². The first kappa shape index (κ1) is 61.5. The van der Waals surface area contributed by atoms with Crippen LogP contribution >= 0.6 is 0 Å². The van der Waals surface area contributed by atoms with Crippen LogP contribution in [-0.2, 0) is 58.2 Å². The highest BCUT2D eigenvalue weighted by molar-refractivity contribution is 5.93. The highest BCUT2D eigenvalue weighted by Crippen LogP contribution is 2.35. The molecule has 0 bridgehead atoms. The van der Waals surface area contributed by atoms with E-state index in [1.165, 1.54) is 9.91 Å². The number of carbonyl (C=O) groups is 6. The van der Waals surface area contributed by atoms with Crippen molar-refractivity contribution in [3.8, 4) is 35.3 Å². The number of aromatic hydroxyl groups is 2. The van der Waals surface area contributed by atoms with E-state index >= 15 is 0 Å². The molecule has 5 aliphatic heterocycles. The third kappa shape index (κ3) is 13.6. The number of terminal acetylenes is 1. The predicted molar refractivity (Wildman–Crippen MR) is 324 cm³/mol. The van der Waals surface area contributed by atoms with Gasteiger partial charge in [-0.3, -0.25) is 19.2 Å². The second-order valence-corrected chi connectivity index (χ2v) is 21.3. The Hall–Kier alpha value is -10.0. The predicted octanol–water partition coefficient (Wildman–Crippen LogP) is 6.94. The highest BCUT2D eigenvalue weighted by Gasteiger charge is 2.53. The van der Waals surface area contributed by atoms with E-state index in [4.69, 9.17) is 20.3 Å². The smallest absolute Gasteiger partial charge is 0.334 e. The first-order valence-electron chi connectivity index (χ1n) is 28.0. The number of rotatable bonds is 13. The number of phenols is 2. The molecule has 4 fully saturated rings. The lowest BCUT2D eigenvalue weighted by molar-refractivity contribution is -0.189. The molecule has 0 radical (unpaired) electrons. The largest absolute Gasteiger partial charge is 0.508 e. The van der Waals surface area contributed by atoms with Gasteiger partial charge in [0.25, 0.3) is 0 Å². The van der Waals surface area contributed by atoms with Crippen molar-refractivity contribution >= 4 is 46.7 Å². The number of nitrogens with one attached hydrogen (secondary N) is 2. The molecule has 0 saturated carbocycles. The van der Waals surface area contributed by atoms with Crippen molar-refractivity contribution < 1.29 is 52.9 Å². The lowest BCUT2D eigenvalue weighted by atomic mass is 9.98. The number of amides is 8. The van der Waals surface area contributed by atoms with Crippen LogP contribution in [0.1, 0.15) is 48.2 Å². The molecule has 4 N–H and O–H groups in total. The summed E-state index contributed by atoms with van der Waals surface area (Å²) in [6.07, 6.45) is 6.22. The van der Waals surface area contributed by atoms with E-state index in [0.29, 0.717) is 37.8 Å². The standard InChI is InChI=1S/C33H33N5O6.C31H31N5O5.2CH4/c1-2-14-36-22-31(40)37-27(17-23-8-11-26(39)12-9-23)32(41)35(20-25-10-13-28-29(18-25)44-16-15-43-28)21-30(37)38(36)33(42)34-19-24-6-4-3-5-7-24;1-33-20-29(38)35-26(16-21-10-12-24(37)13-11-21)30(39)34(18-23-8-5-9-27-25(23)14-15-41-27)19-28(35)36(33)31(40)32-17-22-6-3-2-4-7-22;;/h1,3-13,18,27,30,39H,14-17,19-22H2,(H,34,42);2-15,26,28,37H,16-20H2,1H3,(H,32,40);2*1H4/t27-,30-;26-,28-;;/m00../s1. The molecule has 0 unspecified atom stereocenters. The Morgan fingerprint density at radius 2 is 1.10 bits per heavy atom. The third-order valence-corrected chi connectivity index (χ3v) is 15.7. The first-order chi connectivity index (χ1) is 41.3. The number of phenolic OH excluding ortho intramolecular Hbond substituents is 2. The zero-order valence-corrected chi connectivity index (χ0v) is 46.7. The van der Waals surface area contributed by atoms with Gasteiger partial charge in [-0.15, -0.1) is 6.42 Å². The molecule has 4 atom stereocenters. The van der Waals surface area contributed by atoms with Gasteiger partial charge in [0.15, 0.2) is 11.5 Å². The molecule has 0 spiro atoms. The lowest BCUT2D eigenvalue weighted by Crippen LogP contribution is -2.76. The molecule has 7 aromatic rings. The molecule has 0 aliphatic carbocycles. The second kappa shape index (κ2) is 27.3. The summed E-state index contributed by atoms with van der Waals surface area (Å²) in [7, 11) is 1.71. The molecule has 1 aromatic heterocycles. The van der Waals surface area contributed by atoms with Gasteiger partial charge >= 0.3 is 12.1 Å². The topological polar surface area (TPSA) is 224 Å². The summed E-state index contributed by atoms with van der Waals surface area (Å²) in [5.41, 5.74) is 5.89. The molecule has 6 heterocycles. The second-order valence-electron chi connectivity index (χ2n) is 21.3. The SMILES string of the molecule is C.C.C#CCN1CC(=O)N2[C@@H](Cc3ccc(O)cc3)C(=O)N(Cc3ccc4c(c3)OCCO4)C[C@@H]2N1C(=O)NCc1ccccc1.CN1CC(=O)N2[C@@H](Cc3ccc(O)cc3)C(=O)N(Cc3cccc4occc34)C[C@@H]2N1C(=O)NCc1ccccc1. The van der Waals surface area contributed by atoms with Crippen LogP contribution in [0.2, 0.25) is 0 Å². The van der Waals surface area contributed by atoms with Gasteiger partial charge in [-0.1, -0.05) is 124 Å². The molecule has 452 valence electrons. The van der Waals surface area contributed by atoms with Gasteiger partial charge in [0.05, 0.1) is 39.0 Å². The summed E-state index contributed by atoms with van der Waals surface area (Å²) in [6.45, 7) is 2.10. The first-order valence-corrected chi connectivity index (χ1v) is 28.0. The average Bonchev–Trinajstić information content (AvgIpc) is 1.20. The molecule has 4 saturated heterocycles. The van der Waals surface area contributed by atoms with E-state index in [-0.39, 0.29) is 115 Å². The maximum Gasteiger partial charge on any atom is 0.334 e. The Morgan fingerprint density at radius 1 is 0.586 bits per heavy atom. The fraction of sp³-hybridized carbons (Fsp3) is 0.303. The minimum atomic E-state index is -0.889. The number of benzene rings is 6. The number of ether oxygens (including phenoxy) is 2. The summed E-state index contributed by atoms with van der Waals surface area (Å²) < 4.78 is 17.0. The van der Waals surface area contributed by atoms with Crippen LogP contribution in [0.25, 0.3) is 11.0 Å². The van der Waals surface area contributed by atoms with E-state index in [1.807, 2.05) is 103 Å². The Bertz CT molecular complexity index is 3620. The number of piperazine rings is 2. The van der Waals surface area contributed by atoms with E-state index in [9.17, 15) is 39.0 Å². The lowest BCUT2D eigenvalue weighted by Gasteiger charge is -2.55. The number of carbonyl (C=O) groups excluding carboxylic acids is 6. The fourth-order valence-electron chi connectivity index (χ4n) is 11.7. The van der Waals surface area contributed by atoms with Crippen molar-refractivity contribution in [3.63, 3.8) is 0 Å². The summed E-state index contributed by atoms with van der Waals surface area (Å²) >= 11 is 0. The Kier molecular flexibility index (Phi) is 19.3. The van der Waals surface area contributed by atoms with Gasteiger partial charge in [-0.2, -0.15) is 5.01 Å². The molecule has 21 heteroatoms. The van der Waals surface area contributed by atoms with Crippen LogP contribution in [0.4, 0.5) is 9.59 Å². The Balaban J connectivity index is 0.000000203. The molecular formula is C66H72N10O11. The van der Waals surface area contributed by atoms with Crippen LogP contribution in [0.15, 0.2) is 162 Å². The number of fused-ring (bicyclic) bond motifs is 4. The molecule has 21 nitrogen and oxygen atoms in total. The zero-order chi connectivity index (χ0) is 59.1. The molecule has 12 rings (SSSR count). The minimum Gasteiger partial charge on any atom is -0.508 e. The maximum absolute atomic E-state index is 14.1. The van der Waals surface area contributed by atoms with E-state index in [0.717, 1.165) is 44.3 Å². The van der Waals surface area contributed by atoms with Crippen LogP contribution in [0.3, 0.4) is 0 Å². The van der Waals surface area contributed by atoms with Crippen molar-refractivity contribution in [2.75, 3.05) is 53.0 Å². The summed E-state index contributed by atoms with van der Waals surface area (Å²) in [4.78, 5) is 89.3. The number of hydrogen-bond acceptors (Lipinski definition) is 13. The van der Waals surface area contributed by atoms with Crippen molar-refractivity contribution in [1.29, 1.82) is 0 Å². The summed E-state index contributed by atoms with van der Waals surface area (Å²) in [6, 6.07) is 42.9. The van der Waals surface area contributed by atoms with Crippen LogP contribution < -0.4 is 20.1 Å². The molecule has 5 aliphatic rings. The van der Waals surface area contributed by atoms with Gasteiger partial charge in [0.2, 0.25) is 23.6 Å². The molecular weight excluding hydrogens is 1110 g/mol. The summed E-state index contributed by atoms with van der Waals surface area (Å²) in [5.74, 6) is 3.07.